The molecule has 0 radical (unpaired) electrons. The first-order valence-electron chi connectivity index (χ1n) is 3.74. The maximum absolute atomic E-state index is 2.42. The van der Waals surface area contributed by atoms with E-state index in [0.29, 0.717) is 0 Å². The van der Waals surface area contributed by atoms with Crippen LogP contribution in [0.4, 0.5) is 0 Å². The molecule has 0 fully saturated rings. The quantitative estimate of drug-likeness (QED) is 0.587. The molecular formula is C8H18SSi. The largest absolute Gasteiger partial charge is 0.138 e. The molecule has 0 N–H and O–H groups in total. The van der Waals surface area contributed by atoms with Crippen molar-refractivity contribution in [3.63, 3.8) is 0 Å². The van der Waals surface area contributed by atoms with Gasteiger partial charge in [-0.3, -0.25) is 0 Å². The third-order valence-electron chi connectivity index (χ3n) is 1.29. The molecule has 0 aromatic rings. The minimum Gasteiger partial charge on any atom is -0.138 e. The highest BCUT2D eigenvalue weighted by atomic mass is 32.2. The van der Waals surface area contributed by atoms with Gasteiger partial charge in [0.05, 0.1) is 0 Å². The Morgan fingerprint density at radius 1 is 1.30 bits per heavy atom. The van der Waals surface area contributed by atoms with E-state index >= 15 is 0 Å². The van der Waals surface area contributed by atoms with Gasteiger partial charge in [0.25, 0.3) is 0 Å². The van der Waals surface area contributed by atoms with Crippen LogP contribution in [0.3, 0.4) is 0 Å². The molecule has 60 valence electrons. The number of thioether (sulfide) groups is 1. The van der Waals surface area contributed by atoms with Gasteiger partial charge in [0.2, 0.25) is 0 Å². The fourth-order valence-electron chi connectivity index (χ4n) is 0.681. The lowest BCUT2D eigenvalue weighted by molar-refractivity contribution is 1.16. The van der Waals surface area contributed by atoms with Gasteiger partial charge in [-0.25, -0.2) is 0 Å². The van der Waals surface area contributed by atoms with Crippen LogP contribution in [0.15, 0.2) is 11.5 Å². The number of hydrogen-bond acceptors (Lipinski definition) is 1. The third-order valence-corrected chi connectivity index (χ3v) is 3.55. The normalized spacial score (nSPS) is 12.8. The molecule has 0 spiro atoms. The average molecular weight is 174 g/mol. The Morgan fingerprint density at radius 3 is 2.30 bits per heavy atom. The van der Waals surface area contributed by atoms with Crippen LogP contribution in [-0.4, -0.2) is 14.3 Å². The summed E-state index contributed by atoms with van der Waals surface area (Å²) in [6.45, 7) is 7.25. The fourth-order valence-corrected chi connectivity index (χ4v) is 2.04. The van der Waals surface area contributed by atoms with E-state index in [-0.39, 0.29) is 0 Å². The Labute approximate surface area is 70.1 Å². The molecule has 0 amide bonds. The molecule has 0 nitrogen and oxygen atoms in total. The van der Waals surface area contributed by atoms with Crippen molar-refractivity contribution in [2.24, 2.45) is 0 Å². The Kier molecular flexibility index (Phi) is 5.18. The van der Waals surface area contributed by atoms with E-state index in [1.54, 1.807) is 11.8 Å². The Morgan fingerprint density at radius 2 is 1.90 bits per heavy atom. The molecule has 0 aromatic carbocycles. The van der Waals surface area contributed by atoms with Crippen LogP contribution in [0.1, 0.15) is 6.42 Å². The Balaban J connectivity index is 3.28. The van der Waals surface area contributed by atoms with Crippen LogP contribution < -0.4 is 0 Å². The summed E-state index contributed by atoms with van der Waals surface area (Å²) in [6.07, 6.45) is 5.66. The summed E-state index contributed by atoms with van der Waals surface area (Å²) in [5, 5.41) is 2.18. The summed E-state index contributed by atoms with van der Waals surface area (Å²) < 4.78 is 0. The van der Waals surface area contributed by atoms with Crippen molar-refractivity contribution in [1.82, 2.24) is 0 Å². The maximum Gasteiger partial charge on any atom is 0.0445 e. The summed E-state index contributed by atoms with van der Waals surface area (Å²) in [4.78, 5) is 0. The lowest BCUT2D eigenvalue weighted by Gasteiger charge is -2.12. The first kappa shape index (κ1) is 10.3. The van der Waals surface area contributed by atoms with Gasteiger partial charge in [-0.05, 0) is 18.1 Å². The molecule has 10 heavy (non-hydrogen) atoms. The highest BCUT2D eigenvalue weighted by Crippen LogP contribution is 2.11. The Hall–Kier alpha value is 0.307. The topological polar surface area (TPSA) is 0 Å². The van der Waals surface area contributed by atoms with Crippen molar-refractivity contribution in [3.8, 4) is 0 Å². The summed E-state index contributed by atoms with van der Waals surface area (Å²) in [7, 11) is -0.768. The van der Waals surface area contributed by atoms with E-state index in [2.05, 4.69) is 37.4 Å². The predicted octanol–water partition coefficient (Wildman–Crippen LogP) is 3.59. The first-order valence-corrected chi connectivity index (χ1v) is 8.73. The molecule has 0 atom stereocenters. The smallest absolute Gasteiger partial charge is 0.0445 e. The minimum atomic E-state index is -0.768. The molecule has 2 heteroatoms. The molecule has 0 saturated heterocycles. The molecule has 0 heterocycles. The lowest BCUT2D eigenvalue weighted by atomic mass is 10.5. The standard InChI is InChI=1S/C8H18SSi/c1-9-7-5-6-8-10(2,3)4/h5,7H,6,8H2,1-4H3/b7-5+. The minimum absolute atomic E-state index is 0.768. The highest BCUT2D eigenvalue weighted by Gasteiger charge is 2.10. The molecule has 0 aromatic heterocycles. The second-order valence-electron chi connectivity index (χ2n) is 3.71. The van der Waals surface area contributed by atoms with Gasteiger partial charge in [0.1, 0.15) is 0 Å². The maximum atomic E-state index is 2.42. The van der Waals surface area contributed by atoms with Gasteiger partial charge in [-0.2, -0.15) is 0 Å². The highest BCUT2D eigenvalue weighted by molar-refractivity contribution is 8.01. The van der Waals surface area contributed by atoms with Crippen LogP contribution in [0, 0.1) is 0 Å². The van der Waals surface area contributed by atoms with E-state index in [4.69, 9.17) is 0 Å². The first-order chi connectivity index (χ1) is 4.56. The van der Waals surface area contributed by atoms with E-state index in [9.17, 15) is 0 Å². The number of hydrogen-bond donors (Lipinski definition) is 0. The van der Waals surface area contributed by atoms with Gasteiger partial charge in [-0.15, -0.1) is 11.8 Å². The van der Waals surface area contributed by atoms with E-state index in [1.165, 1.54) is 12.5 Å². The molecular weight excluding hydrogens is 156 g/mol. The summed E-state index contributed by atoms with van der Waals surface area (Å²) in [5.41, 5.74) is 0. The van der Waals surface area contributed by atoms with Gasteiger partial charge in [0, 0.05) is 8.07 Å². The van der Waals surface area contributed by atoms with Crippen LogP contribution >= 0.6 is 11.8 Å². The van der Waals surface area contributed by atoms with Crippen molar-refractivity contribution in [2.45, 2.75) is 32.1 Å². The molecule has 0 rings (SSSR count). The summed E-state index contributed by atoms with van der Waals surface area (Å²) in [5.74, 6) is 0. The van der Waals surface area contributed by atoms with Crippen molar-refractivity contribution in [1.29, 1.82) is 0 Å². The van der Waals surface area contributed by atoms with Crippen molar-refractivity contribution >= 4 is 19.8 Å². The Bertz CT molecular complexity index is 102. The van der Waals surface area contributed by atoms with Gasteiger partial charge in [-0.1, -0.05) is 31.8 Å². The van der Waals surface area contributed by atoms with Crippen molar-refractivity contribution in [3.05, 3.63) is 11.5 Å². The van der Waals surface area contributed by atoms with Crippen molar-refractivity contribution < 1.29 is 0 Å². The molecule has 0 unspecified atom stereocenters. The molecule has 0 aliphatic carbocycles. The van der Waals surface area contributed by atoms with Crippen LogP contribution in [0.5, 0.6) is 0 Å². The monoisotopic (exact) mass is 174 g/mol. The second-order valence-corrected chi connectivity index (χ2v) is 10.1. The SMILES string of the molecule is CS/C=C/CC[Si](C)(C)C. The fraction of sp³-hybridized carbons (Fsp3) is 0.750. The van der Waals surface area contributed by atoms with E-state index in [0.717, 1.165) is 0 Å². The zero-order valence-electron chi connectivity index (χ0n) is 7.48. The van der Waals surface area contributed by atoms with Crippen molar-refractivity contribution in [2.75, 3.05) is 6.26 Å². The predicted molar refractivity (Wildman–Crippen MR) is 55.4 cm³/mol. The summed E-state index contributed by atoms with van der Waals surface area (Å²) in [6, 6.07) is 1.42. The second kappa shape index (κ2) is 5.02. The molecule has 0 bridgehead atoms. The number of rotatable bonds is 4. The zero-order valence-corrected chi connectivity index (χ0v) is 9.29. The third kappa shape index (κ3) is 8.31. The van der Waals surface area contributed by atoms with Crippen LogP contribution in [0.2, 0.25) is 25.7 Å². The van der Waals surface area contributed by atoms with E-state index in [1.807, 2.05) is 0 Å². The van der Waals surface area contributed by atoms with Crippen LogP contribution in [-0.2, 0) is 0 Å². The number of allylic oxidation sites excluding steroid dienone is 1. The summed E-state index contributed by atoms with van der Waals surface area (Å²) >= 11 is 1.79. The molecule has 0 aliphatic rings. The molecule has 0 saturated carbocycles. The van der Waals surface area contributed by atoms with Gasteiger partial charge in [0.15, 0.2) is 0 Å². The average Bonchev–Trinajstić information content (AvgIpc) is 1.78. The van der Waals surface area contributed by atoms with Crippen LogP contribution in [0.25, 0.3) is 0 Å². The molecule has 0 aliphatic heterocycles. The van der Waals surface area contributed by atoms with Gasteiger partial charge < -0.3 is 0 Å². The van der Waals surface area contributed by atoms with Gasteiger partial charge >= 0.3 is 0 Å². The lowest BCUT2D eigenvalue weighted by Crippen LogP contribution is -2.18. The zero-order chi connectivity index (χ0) is 8.04. The van der Waals surface area contributed by atoms with E-state index < -0.39 is 8.07 Å².